The van der Waals surface area contributed by atoms with Crippen molar-refractivity contribution < 1.29 is 9.90 Å². The second kappa shape index (κ2) is 3.90. The lowest BCUT2D eigenvalue weighted by Gasteiger charge is -2.09. The summed E-state index contributed by atoms with van der Waals surface area (Å²) in [5, 5.41) is 10.3. The van der Waals surface area contributed by atoms with Gasteiger partial charge in [-0.15, -0.1) is 0 Å². The molecule has 1 N–H and O–H groups in total. The molecule has 4 rings (SSSR count). The number of nitrogens with zero attached hydrogens (tertiary/aromatic N) is 1. The van der Waals surface area contributed by atoms with Crippen LogP contribution in [0.25, 0.3) is 22.0 Å². The molecule has 0 saturated heterocycles. The Morgan fingerprint density at radius 2 is 2.00 bits per heavy atom. The lowest BCUT2D eigenvalue weighted by atomic mass is 9.97. The van der Waals surface area contributed by atoms with Gasteiger partial charge in [0, 0.05) is 17.1 Å². The Hall–Kier alpha value is -2.68. The second-order valence-corrected chi connectivity index (χ2v) is 4.99. The van der Waals surface area contributed by atoms with Crippen LogP contribution in [0.5, 0.6) is 0 Å². The molecule has 3 nitrogen and oxygen atoms in total. The van der Waals surface area contributed by atoms with Gasteiger partial charge in [0.15, 0.2) is 0 Å². The zero-order valence-corrected chi connectivity index (χ0v) is 10.6. The number of hydrogen-bond acceptors (Lipinski definition) is 2. The van der Waals surface area contributed by atoms with Crippen molar-refractivity contribution in [3.8, 4) is 11.1 Å². The van der Waals surface area contributed by atoms with Crippen molar-refractivity contribution in [3.63, 3.8) is 0 Å². The van der Waals surface area contributed by atoms with Gasteiger partial charge >= 0.3 is 5.97 Å². The summed E-state index contributed by atoms with van der Waals surface area (Å²) in [6.07, 6.45) is 2.42. The Balaban J connectivity index is 2.19. The van der Waals surface area contributed by atoms with Crippen LogP contribution >= 0.6 is 0 Å². The van der Waals surface area contributed by atoms with E-state index in [-0.39, 0.29) is 0 Å². The minimum absolute atomic E-state index is 0.386. The fourth-order valence-corrected chi connectivity index (χ4v) is 3.04. The highest BCUT2D eigenvalue weighted by molar-refractivity contribution is 6.05. The number of carboxylic acids is 1. The SMILES string of the molecule is O=C(O)c1cc2cccnc2c2c1Cc1ccccc1-2. The van der Waals surface area contributed by atoms with E-state index in [1.807, 2.05) is 30.3 Å². The molecule has 1 aliphatic carbocycles. The highest BCUT2D eigenvalue weighted by Crippen LogP contribution is 2.42. The molecule has 0 amide bonds. The Morgan fingerprint density at radius 3 is 2.85 bits per heavy atom. The molecular formula is C17H11NO2. The van der Waals surface area contributed by atoms with Crippen LogP contribution in [0.3, 0.4) is 0 Å². The molecular weight excluding hydrogens is 250 g/mol. The van der Waals surface area contributed by atoms with E-state index >= 15 is 0 Å². The van der Waals surface area contributed by atoms with Gasteiger partial charge in [0.1, 0.15) is 0 Å². The summed E-state index contributed by atoms with van der Waals surface area (Å²) in [7, 11) is 0. The summed E-state index contributed by atoms with van der Waals surface area (Å²) in [5.74, 6) is -0.875. The monoisotopic (exact) mass is 261 g/mol. The normalized spacial score (nSPS) is 12.2. The Bertz CT molecular complexity index is 868. The Kier molecular flexibility index (Phi) is 2.18. The van der Waals surface area contributed by atoms with Crippen molar-refractivity contribution in [1.29, 1.82) is 0 Å². The van der Waals surface area contributed by atoms with Gasteiger partial charge < -0.3 is 5.11 Å². The highest BCUT2D eigenvalue weighted by Gasteiger charge is 2.26. The number of aromatic carboxylic acids is 1. The van der Waals surface area contributed by atoms with E-state index < -0.39 is 5.97 Å². The van der Waals surface area contributed by atoms with Gasteiger partial charge in [-0.2, -0.15) is 0 Å². The van der Waals surface area contributed by atoms with Crippen LogP contribution in [0, 0.1) is 0 Å². The van der Waals surface area contributed by atoms with Gasteiger partial charge in [-0.3, -0.25) is 4.98 Å². The van der Waals surface area contributed by atoms with Crippen molar-refractivity contribution in [3.05, 3.63) is 65.4 Å². The van der Waals surface area contributed by atoms with Gasteiger partial charge in [-0.05, 0) is 35.2 Å². The maximum Gasteiger partial charge on any atom is 0.336 e. The van der Waals surface area contributed by atoms with Crippen molar-refractivity contribution in [2.75, 3.05) is 0 Å². The number of aromatic nitrogens is 1. The first-order chi connectivity index (χ1) is 9.75. The molecule has 96 valence electrons. The average Bonchev–Trinajstić information content (AvgIpc) is 2.85. The number of hydrogen-bond donors (Lipinski definition) is 1. The lowest BCUT2D eigenvalue weighted by molar-refractivity contribution is 0.0696. The summed E-state index contributed by atoms with van der Waals surface area (Å²) >= 11 is 0. The molecule has 0 radical (unpaired) electrons. The molecule has 3 heteroatoms. The van der Waals surface area contributed by atoms with Gasteiger partial charge in [-0.25, -0.2) is 4.79 Å². The molecule has 0 bridgehead atoms. The van der Waals surface area contributed by atoms with Gasteiger partial charge in [0.2, 0.25) is 0 Å². The van der Waals surface area contributed by atoms with Crippen LogP contribution in [0.15, 0.2) is 48.7 Å². The van der Waals surface area contributed by atoms with Crippen molar-refractivity contribution in [2.24, 2.45) is 0 Å². The maximum atomic E-state index is 11.5. The molecule has 2 aromatic carbocycles. The number of pyridine rings is 1. The van der Waals surface area contributed by atoms with Crippen LogP contribution in [-0.2, 0) is 6.42 Å². The van der Waals surface area contributed by atoms with Gasteiger partial charge in [0.05, 0.1) is 11.1 Å². The van der Waals surface area contributed by atoms with E-state index in [0.29, 0.717) is 12.0 Å². The van der Waals surface area contributed by atoms with E-state index in [0.717, 1.165) is 27.6 Å². The minimum Gasteiger partial charge on any atom is -0.478 e. The van der Waals surface area contributed by atoms with Crippen LogP contribution in [-0.4, -0.2) is 16.1 Å². The third kappa shape index (κ3) is 1.40. The van der Waals surface area contributed by atoms with Crippen LogP contribution < -0.4 is 0 Å². The summed E-state index contributed by atoms with van der Waals surface area (Å²) in [6, 6.07) is 13.5. The van der Waals surface area contributed by atoms with E-state index in [2.05, 4.69) is 11.1 Å². The third-order valence-corrected chi connectivity index (χ3v) is 3.89. The van der Waals surface area contributed by atoms with E-state index in [4.69, 9.17) is 0 Å². The third-order valence-electron chi connectivity index (χ3n) is 3.89. The second-order valence-electron chi connectivity index (χ2n) is 4.99. The number of fused-ring (bicyclic) bond motifs is 5. The van der Waals surface area contributed by atoms with Crippen molar-refractivity contribution in [2.45, 2.75) is 6.42 Å². The number of carboxylic acid groups (broad SMARTS) is 1. The molecule has 1 heterocycles. The molecule has 0 saturated carbocycles. The van der Waals surface area contributed by atoms with Crippen LogP contribution in [0.1, 0.15) is 21.5 Å². The Labute approximate surface area is 115 Å². The van der Waals surface area contributed by atoms with Gasteiger partial charge in [-0.1, -0.05) is 30.3 Å². The fraction of sp³-hybridized carbons (Fsp3) is 0.0588. The van der Waals surface area contributed by atoms with E-state index in [9.17, 15) is 9.90 Å². The topological polar surface area (TPSA) is 50.2 Å². The lowest BCUT2D eigenvalue weighted by Crippen LogP contribution is -2.02. The van der Waals surface area contributed by atoms with Gasteiger partial charge in [0.25, 0.3) is 0 Å². The number of benzene rings is 2. The molecule has 0 unspecified atom stereocenters. The minimum atomic E-state index is -0.875. The Morgan fingerprint density at radius 1 is 1.15 bits per heavy atom. The molecule has 0 aliphatic heterocycles. The molecule has 20 heavy (non-hydrogen) atoms. The van der Waals surface area contributed by atoms with Crippen molar-refractivity contribution >= 4 is 16.9 Å². The maximum absolute atomic E-state index is 11.5. The molecule has 3 aromatic rings. The fourth-order valence-electron chi connectivity index (χ4n) is 3.04. The molecule has 0 fully saturated rings. The predicted octanol–water partition coefficient (Wildman–Crippen LogP) is 3.50. The predicted molar refractivity (Wildman–Crippen MR) is 76.9 cm³/mol. The summed E-state index contributed by atoms with van der Waals surface area (Å²) in [4.78, 5) is 16.0. The standard InChI is InChI=1S/C17H11NO2/c19-17(20)14-9-11-5-3-7-18-16(11)15-12-6-2-1-4-10(12)8-13(14)15/h1-7,9H,8H2,(H,19,20). The molecule has 1 aromatic heterocycles. The first-order valence-electron chi connectivity index (χ1n) is 6.48. The van der Waals surface area contributed by atoms with E-state index in [1.165, 1.54) is 5.56 Å². The summed E-state index contributed by atoms with van der Waals surface area (Å²) in [5.41, 5.74) is 5.41. The average molecular weight is 261 g/mol. The molecule has 1 aliphatic rings. The zero-order chi connectivity index (χ0) is 13.7. The van der Waals surface area contributed by atoms with Crippen LogP contribution in [0.4, 0.5) is 0 Å². The first kappa shape index (κ1) is 11.2. The molecule has 0 spiro atoms. The smallest absolute Gasteiger partial charge is 0.336 e. The van der Waals surface area contributed by atoms with Crippen molar-refractivity contribution in [1.82, 2.24) is 4.98 Å². The number of rotatable bonds is 1. The highest BCUT2D eigenvalue weighted by atomic mass is 16.4. The zero-order valence-electron chi connectivity index (χ0n) is 10.6. The quantitative estimate of drug-likeness (QED) is 0.570. The first-order valence-corrected chi connectivity index (χ1v) is 6.48. The largest absolute Gasteiger partial charge is 0.478 e. The van der Waals surface area contributed by atoms with Crippen LogP contribution in [0.2, 0.25) is 0 Å². The summed E-state index contributed by atoms with van der Waals surface area (Å²) in [6.45, 7) is 0. The summed E-state index contributed by atoms with van der Waals surface area (Å²) < 4.78 is 0. The molecule has 0 atom stereocenters. The van der Waals surface area contributed by atoms with E-state index in [1.54, 1.807) is 12.3 Å². The number of carbonyl (C=O) groups is 1.